The zero-order valence-electron chi connectivity index (χ0n) is 11.9. The van der Waals surface area contributed by atoms with Gasteiger partial charge in [0.25, 0.3) is 0 Å². The van der Waals surface area contributed by atoms with Gasteiger partial charge in [0, 0.05) is 11.3 Å². The molecule has 4 nitrogen and oxygen atoms in total. The van der Waals surface area contributed by atoms with Crippen molar-refractivity contribution in [3.05, 3.63) is 60.2 Å². The lowest BCUT2D eigenvalue weighted by molar-refractivity contribution is -0.125. The van der Waals surface area contributed by atoms with E-state index >= 15 is 0 Å². The Kier molecular flexibility index (Phi) is 3.35. The van der Waals surface area contributed by atoms with Gasteiger partial charge in [0.15, 0.2) is 0 Å². The second kappa shape index (κ2) is 5.50. The SMILES string of the molecule is O=C1CC2Sc3ccccc3N=C2N(Cc2ccccc2)N1. The van der Waals surface area contributed by atoms with Crippen LogP contribution in [0.3, 0.4) is 0 Å². The number of rotatable bonds is 2. The Morgan fingerprint density at radius 1 is 1.14 bits per heavy atom. The monoisotopic (exact) mass is 309 g/mol. The molecule has 1 N–H and O–H groups in total. The van der Waals surface area contributed by atoms with Crippen molar-refractivity contribution in [2.24, 2.45) is 4.99 Å². The molecule has 0 bridgehead atoms. The maximum Gasteiger partial charge on any atom is 0.240 e. The Labute approximate surface area is 133 Å². The number of carbonyl (C=O) groups is 1. The van der Waals surface area contributed by atoms with Gasteiger partial charge in [-0.3, -0.25) is 15.2 Å². The van der Waals surface area contributed by atoms with Gasteiger partial charge in [-0.05, 0) is 17.7 Å². The number of carbonyl (C=O) groups excluding carboxylic acids is 1. The molecule has 0 aromatic heterocycles. The molecule has 0 aliphatic carbocycles. The maximum atomic E-state index is 12.0. The van der Waals surface area contributed by atoms with Crippen LogP contribution in [0.2, 0.25) is 0 Å². The van der Waals surface area contributed by atoms with E-state index in [-0.39, 0.29) is 11.2 Å². The molecule has 2 aliphatic rings. The Morgan fingerprint density at radius 3 is 2.77 bits per heavy atom. The fourth-order valence-electron chi connectivity index (χ4n) is 2.73. The summed E-state index contributed by atoms with van der Waals surface area (Å²) < 4.78 is 0. The largest absolute Gasteiger partial charge is 0.273 e. The van der Waals surface area contributed by atoms with E-state index in [1.165, 1.54) is 0 Å². The molecule has 2 aliphatic heterocycles. The number of hydrazine groups is 1. The first kappa shape index (κ1) is 13.4. The number of nitrogens with zero attached hydrogens (tertiary/aromatic N) is 2. The van der Waals surface area contributed by atoms with Gasteiger partial charge in [0.1, 0.15) is 5.84 Å². The van der Waals surface area contributed by atoms with Crippen molar-refractivity contribution in [3.8, 4) is 0 Å². The summed E-state index contributed by atoms with van der Waals surface area (Å²) in [5.41, 5.74) is 5.07. The predicted molar refractivity (Wildman–Crippen MR) is 87.9 cm³/mol. The molecule has 1 fully saturated rings. The highest BCUT2D eigenvalue weighted by molar-refractivity contribution is 8.01. The number of amides is 1. The number of fused-ring (bicyclic) bond motifs is 2. The number of para-hydroxylation sites is 1. The topological polar surface area (TPSA) is 44.7 Å². The lowest BCUT2D eigenvalue weighted by atomic mass is 10.1. The zero-order chi connectivity index (χ0) is 14.9. The molecular weight excluding hydrogens is 294 g/mol. The van der Waals surface area contributed by atoms with Crippen LogP contribution in [0, 0.1) is 0 Å². The van der Waals surface area contributed by atoms with Gasteiger partial charge >= 0.3 is 0 Å². The standard InChI is InChI=1S/C17H15N3OS/c21-16-10-15-17(18-13-8-4-5-9-14(13)22-15)20(19-16)11-12-6-2-1-3-7-12/h1-9,15H,10-11H2,(H,19,21). The lowest BCUT2D eigenvalue weighted by Gasteiger charge is -2.37. The van der Waals surface area contributed by atoms with E-state index in [1.807, 2.05) is 41.4 Å². The summed E-state index contributed by atoms with van der Waals surface area (Å²) in [6, 6.07) is 18.2. The summed E-state index contributed by atoms with van der Waals surface area (Å²) in [4.78, 5) is 17.9. The zero-order valence-corrected chi connectivity index (χ0v) is 12.7. The Hall–Kier alpha value is -2.27. The number of thioether (sulfide) groups is 1. The molecule has 0 spiro atoms. The molecular formula is C17H15N3OS. The highest BCUT2D eigenvalue weighted by Crippen LogP contribution is 2.40. The maximum absolute atomic E-state index is 12.0. The second-order valence-corrected chi connectivity index (χ2v) is 6.60. The van der Waals surface area contributed by atoms with Crippen LogP contribution in [-0.4, -0.2) is 22.0 Å². The summed E-state index contributed by atoms with van der Waals surface area (Å²) in [5.74, 6) is 0.985. The minimum absolute atomic E-state index is 0.0479. The fourth-order valence-corrected chi connectivity index (χ4v) is 3.94. The highest BCUT2D eigenvalue weighted by atomic mass is 32.2. The average Bonchev–Trinajstić information content (AvgIpc) is 2.54. The van der Waals surface area contributed by atoms with Crippen molar-refractivity contribution in [1.82, 2.24) is 10.4 Å². The van der Waals surface area contributed by atoms with Gasteiger partial charge in [-0.2, -0.15) is 0 Å². The van der Waals surface area contributed by atoms with Gasteiger partial charge < -0.3 is 0 Å². The number of hydrogen-bond acceptors (Lipinski definition) is 4. The minimum Gasteiger partial charge on any atom is -0.273 e. The smallest absolute Gasteiger partial charge is 0.240 e. The van der Waals surface area contributed by atoms with Crippen molar-refractivity contribution >= 4 is 29.2 Å². The van der Waals surface area contributed by atoms with Crippen molar-refractivity contribution in [2.75, 3.05) is 0 Å². The van der Waals surface area contributed by atoms with E-state index in [4.69, 9.17) is 4.99 Å². The second-order valence-electron chi connectivity index (χ2n) is 5.36. The van der Waals surface area contributed by atoms with Crippen LogP contribution in [-0.2, 0) is 11.3 Å². The summed E-state index contributed by atoms with van der Waals surface area (Å²) in [6.07, 6.45) is 0.475. The van der Waals surface area contributed by atoms with Crippen molar-refractivity contribution in [2.45, 2.75) is 23.1 Å². The Bertz CT molecular complexity index is 745. The summed E-state index contributed by atoms with van der Waals surface area (Å²) in [7, 11) is 0. The number of hydrogen-bond donors (Lipinski definition) is 1. The molecule has 1 saturated heterocycles. The molecule has 110 valence electrons. The van der Waals surface area contributed by atoms with Gasteiger partial charge in [-0.1, -0.05) is 42.5 Å². The lowest BCUT2D eigenvalue weighted by Crippen LogP contribution is -2.55. The molecule has 22 heavy (non-hydrogen) atoms. The van der Waals surface area contributed by atoms with Gasteiger partial charge in [-0.15, -0.1) is 11.8 Å². The van der Waals surface area contributed by atoms with Crippen LogP contribution >= 0.6 is 11.8 Å². The van der Waals surface area contributed by atoms with Crippen LogP contribution in [0.1, 0.15) is 12.0 Å². The van der Waals surface area contributed by atoms with E-state index < -0.39 is 0 Å². The number of benzene rings is 2. The van der Waals surface area contributed by atoms with Crippen LogP contribution in [0.15, 0.2) is 64.5 Å². The average molecular weight is 309 g/mol. The van der Waals surface area contributed by atoms with Crippen LogP contribution in [0.25, 0.3) is 0 Å². The Balaban J connectivity index is 1.69. The highest BCUT2D eigenvalue weighted by Gasteiger charge is 2.34. The number of aliphatic imine (C=N–C) groups is 1. The van der Waals surface area contributed by atoms with E-state index in [2.05, 4.69) is 23.6 Å². The fraction of sp³-hybridized carbons (Fsp3) is 0.176. The van der Waals surface area contributed by atoms with Gasteiger partial charge in [0.2, 0.25) is 5.91 Å². The first-order chi connectivity index (χ1) is 10.8. The summed E-state index contributed by atoms with van der Waals surface area (Å²) in [5, 5.41) is 1.97. The summed E-state index contributed by atoms with van der Waals surface area (Å²) in [6.45, 7) is 0.630. The first-order valence-electron chi connectivity index (χ1n) is 7.25. The Morgan fingerprint density at radius 2 is 1.91 bits per heavy atom. The molecule has 0 radical (unpaired) electrons. The third kappa shape index (κ3) is 2.48. The number of nitrogens with one attached hydrogen (secondary N) is 1. The van der Waals surface area contributed by atoms with E-state index in [9.17, 15) is 4.79 Å². The van der Waals surface area contributed by atoms with Gasteiger partial charge in [-0.25, -0.2) is 4.99 Å². The number of amidine groups is 1. The molecule has 4 rings (SSSR count). The predicted octanol–water partition coefficient (Wildman–Crippen LogP) is 3.13. The molecule has 1 unspecified atom stereocenters. The third-order valence-electron chi connectivity index (χ3n) is 3.75. The molecule has 5 heteroatoms. The molecule has 1 atom stereocenters. The van der Waals surface area contributed by atoms with Crippen molar-refractivity contribution in [3.63, 3.8) is 0 Å². The van der Waals surface area contributed by atoms with E-state index in [0.29, 0.717) is 13.0 Å². The molecule has 2 aromatic rings. The van der Waals surface area contributed by atoms with Gasteiger partial charge in [0.05, 0.1) is 17.5 Å². The quantitative estimate of drug-likeness (QED) is 0.927. The van der Waals surface area contributed by atoms with E-state index in [1.54, 1.807) is 11.8 Å². The minimum atomic E-state index is 0.0479. The normalized spacial score (nSPS) is 19.8. The molecule has 2 heterocycles. The molecule has 2 aromatic carbocycles. The molecule has 1 amide bonds. The summed E-state index contributed by atoms with van der Waals surface area (Å²) >= 11 is 1.73. The van der Waals surface area contributed by atoms with Crippen molar-refractivity contribution in [1.29, 1.82) is 0 Å². The van der Waals surface area contributed by atoms with Crippen LogP contribution < -0.4 is 5.43 Å². The molecule has 0 saturated carbocycles. The van der Waals surface area contributed by atoms with E-state index in [0.717, 1.165) is 22.0 Å². The third-order valence-corrected chi connectivity index (χ3v) is 5.01. The van der Waals surface area contributed by atoms with Crippen molar-refractivity contribution < 1.29 is 4.79 Å². The first-order valence-corrected chi connectivity index (χ1v) is 8.13. The van der Waals surface area contributed by atoms with Crippen LogP contribution in [0.5, 0.6) is 0 Å². The van der Waals surface area contributed by atoms with Crippen LogP contribution in [0.4, 0.5) is 5.69 Å².